The van der Waals surface area contributed by atoms with Gasteiger partial charge in [0.2, 0.25) is 0 Å². The molecule has 0 aromatic heterocycles. The number of carbonyl (C=O) groups excluding carboxylic acids is 1. The Bertz CT molecular complexity index is 703. The molecule has 112 valence electrons. The molecule has 0 heterocycles. The molecule has 3 nitrogen and oxygen atoms in total. The van der Waals surface area contributed by atoms with Gasteiger partial charge in [-0.15, -0.1) is 0 Å². The van der Waals surface area contributed by atoms with Crippen molar-refractivity contribution in [3.05, 3.63) is 63.0 Å². The van der Waals surface area contributed by atoms with E-state index in [0.717, 1.165) is 14.7 Å². The third-order valence-corrected chi connectivity index (χ3v) is 3.70. The van der Waals surface area contributed by atoms with Gasteiger partial charge in [0.1, 0.15) is 12.4 Å². The highest BCUT2D eigenvalue weighted by molar-refractivity contribution is 9.10. The molecule has 0 radical (unpaired) electrons. The molecular formula is C17H13Br2NO2. The van der Waals surface area contributed by atoms with Crippen LogP contribution in [0.4, 0.5) is 0 Å². The molecule has 1 amide bonds. The smallest absolute Gasteiger partial charge is 0.252 e. The number of carbonyl (C=O) groups is 1. The summed E-state index contributed by atoms with van der Waals surface area (Å²) in [5, 5.41) is 2.74. The van der Waals surface area contributed by atoms with Gasteiger partial charge in [0.05, 0.1) is 6.54 Å². The van der Waals surface area contributed by atoms with E-state index >= 15 is 0 Å². The summed E-state index contributed by atoms with van der Waals surface area (Å²) in [6, 6.07) is 14.7. The zero-order valence-electron chi connectivity index (χ0n) is 11.6. The number of amides is 1. The maximum atomic E-state index is 11.8. The molecule has 2 aromatic rings. The topological polar surface area (TPSA) is 38.3 Å². The molecule has 0 atom stereocenters. The van der Waals surface area contributed by atoms with Crippen LogP contribution in [0.1, 0.15) is 10.4 Å². The van der Waals surface area contributed by atoms with Crippen molar-refractivity contribution in [1.29, 1.82) is 0 Å². The van der Waals surface area contributed by atoms with Gasteiger partial charge < -0.3 is 10.1 Å². The van der Waals surface area contributed by atoms with E-state index < -0.39 is 0 Å². The van der Waals surface area contributed by atoms with Crippen molar-refractivity contribution >= 4 is 37.8 Å². The van der Waals surface area contributed by atoms with Crippen LogP contribution in [0, 0.1) is 11.8 Å². The molecule has 0 unspecified atom stereocenters. The molecule has 0 aliphatic rings. The van der Waals surface area contributed by atoms with E-state index in [0.29, 0.717) is 5.56 Å². The summed E-state index contributed by atoms with van der Waals surface area (Å²) in [7, 11) is 0. The van der Waals surface area contributed by atoms with Crippen LogP contribution in [0.3, 0.4) is 0 Å². The zero-order chi connectivity index (χ0) is 15.8. The predicted molar refractivity (Wildman–Crippen MR) is 93.9 cm³/mol. The van der Waals surface area contributed by atoms with Crippen molar-refractivity contribution in [2.75, 3.05) is 13.2 Å². The van der Waals surface area contributed by atoms with E-state index in [4.69, 9.17) is 4.74 Å². The second kappa shape index (κ2) is 8.62. The summed E-state index contributed by atoms with van der Waals surface area (Å²) in [6.07, 6.45) is 0. The third kappa shape index (κ3) is 5.55. The molecule has 0 aliphatic heterocycles. The van der Waals surface area contributed by atoms with Gasteiger partial charge in [-0.25, -0.2) is 0 Å². The van der Waals surface area contributed by atoms with Gasteiger partial charge in [-0.1, -0.05) is 49.8 Å². The largest absolute Gasteiger partial charge is 0.481 e. The second-order valence-corrected chi connectivity index (χ2v) is 6.12. The van der Waals surface area contributed by atoms with Gasteiger partial charge in [0.25, 0.3) is 5.91 Å². The summed E-state index contributed by atoms with van der Waals surface area (Å²) in [4.78, 5) is 11.8. The first-order valence-electron chi connectivity index (χ1n) is 6.53. The van der Waals surface area contributed by atoms with Crippen molar-refractivity contribution in [1.82, 2.24) is 5.32 Å². The van der Waals surface area contributed by atoms with Crippen LogP contribution in [0.5, 0.6) is 5.75 Å². The number of benzene rings is 2. The molecule has 0 saturated heterocycles. The third-order valence-electron chi connectivity index (χ3n) is 2.68. The summed E-state index contributed by atoms with van der Waals surface area (Å²) < 4.78 is 7.37. The first-order valence-corrected chi connectivity index (χ1v) is 8.11. The van der Waals surface area contributed by atoms with Crippen molar-refractivity contribution in [2.24, 2.45) is 0 Å². The molecule has 0 aliphatic carbocycles. The van der Waals surface area contributed by atoms with E-state index in [-0.39, 0.29) is 19.1 Å². The molecule has 1 N–H and O–H groups in total. The first-order chi connectivity index (χ1) is 10.6. The Hall–Kier alpha value is -1.77. The SMILES string of the molecule is O=C(NCC#CCOc1cccc(Br)c1)c1ccc(Br)cc1. The molecule has 0 fully saturated rings. The fraction of sp³-hybridized carbons (Fsp3) is 0.118. The first kappa shape index (κ1) is 16.6. The average molecular weight is 423 g/mol. The van der Waals surface area contributed by atoms with Gasteiger partial charge in [0, 0.05) is 14.5 Å². The molecule has 5 heteroatoms. The lowest BCUT2D eigenvalue weighted by atomic mass is 10.2. The summed E-state index contributed by atoms with van der Waals surface area (Å²) in [5.74, 6) is 6.32. The summed E-state index contributed by atoms with van der Waals surface area (Å²) in [6.45, 7) is 0.571. The molecule has 2 rings (SSSR count). The van der Waals surface area contributed by atoms with Crippen molar-refractivity contribution < 1.29 is 9.53 Å². The van der Waals surface area contributed by atoms with Gasteiger partial charge in [0.15, 0.2) is 0 Å². The fourth-order valence-electron chi connectivity index (χ4n) is 1.62. The molecule has 0 bridgehead atoms. The number of hydrogen-bond acceptors (Lipinski definition) is 2. The fourth-order valence-corrected chi connectivity index (χ4v) is 2.26. The lowest BCUT2D eigenvalue weighted by Crippen LogP contribution is -2.23. The number of rotatable bonds is 4. The second-order valence-electron chi connectivity index (χ2n) is 4.29. The Labute approximate surface area is 146 Å². The Balaban J connectivity index is 1.73. The maximum absolute atomic E-state index is 11.8. The molecule has 0 saturated carbocycles. The van der Waals surface area contributed by atoms with Gasteiger partial charge >= 0.3 is 0 Å². The van der Waals surface area contributed by atoms with Crippen molar-refractivity contribution in [2.45, 2.75) is 0 Å². The monoisotopic (exact) mass is 421 g/mol. The van der Waals surface area contributed by atoms with E-state index in [9.17, 15) is 4.79 Å². The quantitative estimate of drug-likeness (QED) is 0.755. The molecule has 0 spiro atoms. The highest BCUT2D eigenvalue weighted by Crippen LogP contribution is 2.17. The van der Waals surface area contributed by atoms with Crippen LogP contribution in [-0.4, -0.2) is 19.1 Å². The normalized spacial score (nSPS) is 9.55. The molecule has 2 aromatic carbocycles. The zero-order valence-corrected chi connectivity index (χ0v) is 14.8. The van der Waals surface area contributed by atoms with Crippen LogP contribution in [0.25, 0.3) is 0 Å². The number of halogens is 2. The number of ether oxygens (including phenoxy) is 1. The standard InChI is InChI=1S/C17H13Br2NO2/c18-14-8-6-13(7-9-14)17(21)20-10-1-2-11-22-16-5-3-4-15(19)12-16/h3-9,12H,10-11H2,(H,20,21). The predicted octanol–water partition coefficient (Wildman–Crippen LogP) is 4.02. The van der Waals surface area contributed by atoms with Gasteiger partial charge in [-0.05, 0) is 42.5 Å². The van der Waals surface area contributed by atoms with Crippen LogP contribution < -0.4 is 10.1 Å². The average Bonchev–Trinajstić information content (AvgIpc) is 2.51. The lowest BCUT2D eigenvalue weighted by Gasteiger charge is -2.02. The van der Waals surface area contributed by atoms with E-state index in [2.05, 4.69) is 49.0 Å². The highest BCUT2D eigenvalue weighted by atomic mass is 79.9. The Morgan fingerprint density at radius 2 is 1.82 bits per heavy atom. The Morgan fingerprint density at radius 3 is 2.55 bits per heavy atom. The minimum absolute atomic E-state index is 0.144. The lowest BCUT2D eigenvalue weighted by molar-refractivity contribution is 0.0958. The molecular weight excluding hydrogens is 410 g/mol. The van der Waals surface area contributed by atoms with E-state index in [1.807, 2.05) is 36.4 Å². The van der Waals surface area contributed by atoms with Crippen LogP contribution in [0.2, 0.25) is 0 Å². The highest BCUT2D eigenvalue weighted by Gasteiger charge is 2.02. The number of hydrogen-bond donors (Lipinski definition) is 1. The van der Waals surface area contributed by atoms with Crippen molar-refractivity contribution in [3.63, 3.8) is 0 Å². The number of nitrogens with one attached hydrogen (secondary N) is 1. The van der Waals surface area contributed by atoms with Crippen LogP contribution in [0.15, 0.2) is 57.5 Å². The summed E-state index contributed by atoms with van der Waals surface area (Å²) in [5.41, 5.74) is 0.607. The maximum Gasteiger partial charge on any atom is 0.252 e. The van der Waals surface area contributed by atoms with E-state index in [1.165, 1.54) is 0 Å². The molecule has 22 heavy (non-hydrogen) atoms. The Morgan fingerprint density at radius 1 is 1.05 bits per heavy atom. The van der Waals surface area contributed by atoms with Crippen LogP contribution in [-0.2, 0) is 0 Å². The van der Waals surface area contributed by atoms with Crippen LogP contribution >= 0.6 is 31.9 Å². The summed E-state index contributed by atoms with van der Waals surface area (Å²) >= 11 is 6.70. The van der Waals surface area contributed by atoms with Gasteiger partial charge in [-0.2, -0.15) is 0 Å². The van der Waals surface area contributed by atoms with E-state index in [1.54, 1.807) is 12.1 Å². The van der Waals surface area contributed by atoms with Crippen molar-refractivity contribution in [3.8, 4) is 17.6 Å². The Kier molecular flexibility index (Phi) is 6.50. The van der Waals surface area contributed by atoms with Gasteiger partial charge in [-0.3, -0.25) is 4.79 Å². The minimum Gasteiger partial charge on any atom is -0.481 e. The minimum atomic E-state index is -0.144.